The number of methoxy groups -OCH3 is 1. The highest BCUT2D eigenvalue weighted by Gasteiger charge is 2.33. The van der Waals surface area contributed by atoms with Crippen LogP contribution in [0.2, 0.25) is 0 Å². The summed E-state index contributed by atoms with van der Waals surface area (Å²) in [6, 6.07) is 7.71. The van der Waals surface area contributed by atoms with Crippen LogP contribution in [0.5, 0.6) is 0 Å². The van der Waals surface area contributed by atoms with Crippen LogP contribution in [0.15, 0.2) is 47.6 Å². The summed E-state index contributed by atoms with van der Waals surface area (Å²) in [4.78, 5) is 25.8. The summed E-state index contributed by atoms with van der Waals surface area (Å²) in [7, 11) is -0.789. The van der Waals surface area contributed by atoms with Crippen molar-refractivity contribution in [2.75, 3.05) is 38.8 Å². The molecule has 38 heavy (non-hydrogen) atoms. The summed E-state index contributed by atoms with van der Waals surface area (Å²) < 4.78 is 45.0. The van der Waals surface area contributed by atoms with Crippen molar-refractivity contribution in [1.29, 1.82) is 0 Å². The number of hydrogen-bond acceptors (Lipinski definition) is 10. The van der Waals surface area contributed by atoms with Crippen molar-refractivity contribution in [2.24, 2.45) is 7.05 Å². The Morgan fingerprint density at radius 1 is 1.08 bits per heavy atom. The van der Waals surface area contributed by atoms with E-state index in [1.54, 1.807) is 51.4 Å². The Bertz CT molecular complexity index is 1340. The van der Waals surface area contributed by atoms with Crippen LogP contribution in [0, 0.1) is 6.92 Å². The molecule has 0 bridgehead atoms. The SMILES string of the molecule is COCCOCCN(C(=O)OC(C)(C)C)S(=O)(=O)c1ccc(Nc2nccc(-c3cnc(C)n3C)n2)cc1. The average molecular weight is 547 g/mol. The second-order valence-corrected chi connectivity index (χ2v) is 11.2. The van der Waals surface area contributed by atoms with Gasteiger partial charge in [-0.1, -0.05) is 0 Å². The Kier molecular flexibility index (Phi) is 9.41. The van der Waals surface area contributed by atoms with Gasteiger partial charge in [0.1, 0.15) is 11.4 Å². The fourth-order valence-corrected chi connectivity index (χ4v) is 4.57. The molecule has 3 aromatic rings. The molecule has 0 aliphatic carbocycles. The van der Waals surface area contributed by atoms with E-state index < -0.39 is 21.7 Å². The standard InChI is InChI=1S/C25H34N6O6S/c1-18-27-17-22(30(18)5)21-11-12-26-23(29-21)28-19-7-9-20(10-8-19)38(33,34)31(13-14-36-16-15-35-6)24(32)37-25(2,3)4/h7-12,17H,13-16H2,1-6H3,(H,26,28,29). The maximum Gasteiger partial charge on any atom is 0.424 e. The second-order valence-electron chi connectivity index (χ2n) is 9.33. The van der Waals surface area contributed by atoms with Gasteiger partial charge in [0.05, 0.1) is 48.8 Å². The van der Waals surface area contributed by atoms with E-state index in [0.29, 0.717) is 28.2 Å². The molecule has 0 radical (unpaired) electrons. The highest BCUT2D eigenvalue weighted by Crippen LogP contribution is 2.23. The monoisotopic (exact) mass is 546 g/mol. The van der Waals surface area contributed by atoms with Gasteiger partial charge in [-0.05, 0) is 58.0 Å². The molecule has 13 heteroatoms. The fourth-order valence-electron chi connectivity index (χ4n) is 3.28. The Labute approximate surface area is 223 Å². The van der Waals surface area contributed by atoms with Gasteiger partial charge in [0.2, 0.25) is 5.95 Å². The zero-order valence-corrected chi connectivity index (χ0v) is 23.3. The van der Waals surface area contributed by atoms with Crippen molar-refractivity contribution in [1.82, 2.24) is 23.8 Å². The van der Waals surface area contributed by atoms with Crippen LogP contribution < -0.4 is 5.32 Å². The Hall–Kier alpha value is -3.55. The predicted octanol–water partition coefficient (Wildman–Crippen LogP) is 3.52. The Morgan fingerprint density at radius 2 is 1.79 bits per heavy atom. The number of rotatable bonds is 11. The number of sulfonamides is 1. The summed E-state index contributed by atoms with van der Waals surface area (Å²) in [5, 5.41) is 3.07. The number of carbonyl (C=O) groups is 1. The van der Waals surface area contributed by atoms with E-state index in [4.69, 9.17) is 14.2 Å². The highest BCUT2D eigenvalue weighted by atomic mass is 32.2. The number of carbonyl (C=O) groups excluding carboxylic acids is 1. The molecule has 1 amide bonds. The van der Waals surface area contributed by atoms with Gasteiger partial charge in [-0.3, -0.25) is 0 Å². The van der Waals surface area contributed by atoms with E-state index in [1.165, 1.54) is 19.2 Å². The third-order valence-corrected chi connectivity index (χ3v) is 7.08. The minimum atomic E-state index is -4.22. The van der Waals surface area contributed by atoms with Gasteiger partial charge in [0.25, 0.3) is 10.0 Å². The van der Waals surface area contributed by atoms with Crippen LogP contribution in [-0.2, 0) is 31.3 Å². The first kappa shape index (κ1) is 29.0. The topological polar surface area (TPSA) is 138 Å². The number of hydrogen-bond donors (Lipinski definition) is 1. The van der Waals surface area contributed by atoms with Crippen LogP contribution in [0.4, 0.5) is 16.4 Å². The molecule has 2 heterocycles. The summed E-state index contributed by atoms with van der Waals surface area (Å²) in [6.07, 6.45) is 2.38. The maximum atomic E-state index is 13.4. The van der Waals surface area contributed by atoms with Gasteiger partial charge in [-0.15, -0.1) is 0 Å². The number of nitrogens with zero attached hydrogens (tertiary/aromatic N) is 5. The van der Waals surface area contributed by atoms with Gasteiger partial charge in [-0.25, -0.2) is 28.2 Å². The Morgan fingerprint density at radius 3 is 2.39 bits per heavy atom. The summed E-state index contributed by atoms with van der Waals surface area (Å²) >= 11 is 0. The van der Waals surface area contributed by atoms with Crippen molar-refractivity contribution in [2.45, 2.75) is 38.2 Å². The molecule has 12 nitrogen and oxygen atoms in total. The summed E-state index contributed by atoms with van der Waals surface area (Å²) in [5.41, 5.74) is 1.21. The number of anilines is 2. The fraction of sp³-hybridized carbons (Fsp3) is 0.440. The van der Waals surface area contributed by atoms with Crippen molar-refractivity contribution in [3.63, 3.8) is 0 Å². The summed E-state index contributed by atoms with van der Waals surface area (Å²) in [6.45, 7) is 7.29. The van der Waals surface area contributed by atoms with Crippen molar-refractivity contribution in [3.05, 3.63) is 48.5 Å². The minimum Gasteiger partial charge on any atom is -0.443 e. The second kappa shape index (κ2) is 12.3. The van der Waals surface area contributed by atoms with E-state index in [-0.39, 0.29) is 24.7 Å². The van der Waals surface area contributed by atoms with Gasteiger partial charge in [0.15, 0.2) is 0 Å². The van der Waals surface area contributed by atoms with Gasteiger partial charge in [-0.2, -0.15) is 4.31 Å². The van der Waals surface area contributed by atoms with E-state index in [2.05, 4.69) is 20.3 Å². The molecule has 0 atom stereocenters. The van der Waals surface area contributed by atoms with Gasteiger partial charge < -0.3 is 24.1 Å². The quantitative estimate of drug-likeness (QED) is 0.356. The lowest BCUT2D eigenvalue weighted by Crippen LogP contribution is -2.42. The number of aromatic nitrogens is 4. The number of ether oxygens (including phenoxy) is 3. The normalized spacial score (nSPS) is 11.8. The van der Waals surface area contributed by atoms with E-state index in [9.17, 15) is 13.2 Å². The molecule has 206 valence electrons. The lowest BCUT2D eigenvalue weighted by atomic mass is 10.2. The molecule has 1 aromatic carbocycles. The molecule has 0 unspecified atom stereocenters. The lowest BCUT2D eigenvalue weighted by Gasteiger charge is -2.27. The van der Waals surface area contributed by atoms with Crippen LogP contribution in [0.25, 0.3) is 11.4 Å². The first-order valence-corrected chi connectivity index (χ1v) is 13.4. The average Bonchev–Trinajstić information content (AvgIpc) is 3.18. The molecule has 0 aliphatic rings. The molecule has 0 aliphatic heterocycles. The number of nitrogens with one attached hydrogen (secondary N) is 1. The molecule has 0 spiro atoms. The number of benzene rings is 1. The minimum absolute atomic E-state index is 0.00859. The van der Waals surface area contributed by atoms with Gasteiger partial charge >= 0.3 is 6.09 Å². The van der Waals surface area contributed by atoms with Crippen LogP contribution >= 0.6 is 0 Å². The zero-order chi connectivity index (χ0) is 27.9. The molecule has 0 saturated carbocycles. The number of imidazole rings is 1. The van der Waals surface area contributed by atoms with Crippen molar-refractivity contribution < 1.29 is 27.4 Å². The molecule has 0 saturated heterocycles. The Balaban J connectivity index is 1.78. The molecule has 2 aromatic heterocycles. The predicted molar refractivity (Wildman–Crippen MR) is 142 cm³/mol. The number of aryl methyl sites for hydroxylation is 1. The highest BCUT2D eigenvalue weighted by molar-refractivity contribution is 7.89. The third kappa shape index (κ3) is 7.49. The third-order valence-electron chi connectivity index (χ3n) is 5.30. The van der Waals surface area contributed by atoms with Crippen LogP contribution in [-0.4, -0.2) is 77.4 Å². The molecular weight excluding hydrogens is 512 g/mol. The van der Waals surface area contributed by atoms with E-state index in [1.807, 2.05) is 18.5 Å². The molecular formula is C25H34N6O6S. The van der Waals surface area contributed by atoms with Crippen LogP contribution in [0.3, 0.4) is 0 Å². The molecule has 3 rings (SSSR count). The lowest BCUT2D eigenvalue weighted by molar-refractivity contribution is 0.0299. The molecule has 0 fully saturated rings. The van der Waals surface area contributed by atoms with Crippen molar-refractivity contribution in [3.8, 4) is 11.4 Å². The first-order valence-electron chi connectivity index (χ1n) is 11.9. The van der Waals surface area contributed by atoms with E-state index in [0.717, 1.165) is 11.5 Å². The zero-order valence-electron chi connectivity index (χ0n) is 22.5. The smallest absolute Gasteiger partial charge is 0.424 e. The first-order chi connectivity index (χ1) is 17.9. The van der Waals surface area contributed by atoms with Crippen molar-refractivity contribution >= 4 is 27.8 Å². The largest absolute Gasteiger partial charge is 0.443 e. The molecule has 1 N–H and O–H groups in total. The van der Waals surface area contributed by atoms with E-state index >= 15 is 0 Å². The van der Waals surface area contributed by atoms with Gasteiger partial charge in [0, 0.05) is 26.0 Å². The number of amides is 1. The van der Waals surface area contributed by atoms with Crippen LogP contribution in [0.1, 0.15) is 26.6 Å². The summed E-state index contributed by atoms with van der Waals surface area (Å²) in [5.74, 6) is 1.19. The maximum absolute atomic E-state index is 13.4.